The molecule has 0 fully saturated rings. The topological polar surface area (TPSA) is 63.2 Å². The van der Waals surface area contributed by atoms with Crippen LogP contribution in [0.4, 0.5) is 0 Å². The number of rotatable bonds is 14. The molecule has 1 aromatic rings. The summed E-state index contributed by atoms with van der Waals surface area (Å²) in [5.41, 5.74) is 0.553. The molecule has 0 amide bonds. The minimum Gasteiger partial charge on any atom is -0.460 e. The SMILES string of the molecule is C[Si](C)(C)O[Si](C)(C)O[Si](C)(CCCOCCOC(=O)c1ccccc1)O[Si](C)(C)C. The largest absolute Gasteiger partial charge is 0.460 e. The van der Waals surface area contributed by atoms with Crippen LogP contribution in [-0.4, -0.2) is 59.5 Å². The smallest absolute Gasteiger partial charge is 0.338 e. The number of ether oxygens (including phenoxy) is 2. The van der Waals surface area contributed by atoms with Crippen molar-refractivity contribution < 1.29 is 26.6 Å². The van der Waals surface area contributed by atoms with E-state index in [1.807, 2.05) is 18.2 Å². The molecule has 0 aliphatic heterocycles. The third-order valence-electron chi connectivity index (χ3n) is 3.93. The molecule has 178 valence electrons. The second kappa shape index (κ2) is 12.0. The molecule has 10 heteroatoms. The first-order valence-electron chi connectivity index (χ1n) is 11.0. The fourth-order valence-electron chi connectivity index (χ4n) is 3.50. The van der Waals surface area contributed by atoms with Gasteiger partial charge in [-0.15, -0.1) is 0 Å². The molecule has 0 heterocycles. The van der Waals surface area contributed by atoms with E-state index in [1.165, 1.54) is 0 Å². The Kier molecular flexibility index (Phi) is 11.0. The van der Waals surface area contributed by atoms with Crippen LogP contribution in [0.3, 0.4) is 0 Å². The number of hydrogen-bond acceptors (Lipinski definition) is 6. The van der Waals surface area contributed by atoms with Gasteiger partial charge in [0.1, 0.15) is 6.61 Å². The Labute approximate surface area is 193 Å². The quantitative estimate of drug-likeness (QED) is 0.183. The lowest BCUT2D eigenvalue weighted by Crippen LogP contribution is -2.56. The fraction of sp³-hybridized carbons (Fsp3) is 0.667. The Morgan fingerprint density at radius 1 is 0.742 bits per heavy atom. The van der Waals surface area contributed by atoms with Crippen LogP contribution in [0.15, 0.2) is 30.3 Å². The molecule has 0 bridgehead atoms. The van der Waals surface area contributed by atoms with E-state index >= 15 is 0 Å². The average Bonchev–Trinajstić information content (AvgIpc) is 2.56. The van der Waals surface area contributed by atoms with Crippen LogP contribution in [0.5, 0.6) is 0 Å². The molecule has 31 heavy (non-hydrogen) atoms. The highest BCUT2D eigenvalue weighted by Crippen LogP contribution is 2.27. The van der Waals surface area contributed by atoms with Gasteiger partial charge in [0.05, 0.1) is 12.2 Å². The monoisotopic (exact) mass is 502 g/mol. The molecule has 1 aromatic carbocycles. The number of carbonyl (C=O) groups is 1. The van der Waals surface area contributed by atoms with E-state index in [-0.39, 0.29) is 12.6 Å². The molecule has 1 rings (SSSR count). The summed E-state index contributed by atoms with van der Waals surface area (Å²) >= 11 is 0. The summed E-state index contributed by atoms with van der Waals surface area (Å²) in [5.74, 6) is -0.323. The zero-order valence-corrected chi connectivity index (χ0v) is 24.9. The van der Waals surface area contributed by atoms with Crippen LogP contribution in [-0.2, 0) is 21.8 Å². The lowest BCUT2D eigenvalue weighted by Gasteiger charge is -2.41. The van der Waals surface area contributed by atoms with Crippen molar-refractivity contribution in [2.24, 2.45) is 0 Å². The van der Waals surface area contributed by atoms with Crippen molar-refractivity contribution in [2.45, 2.75) is 71.4 Å². The Hall–Kier alpha value is -0.602. The maximum absolute atomic E-state index is 11.9. The van der Waals surface area contributed by atoms with E-state index in [0.717, 1.165) is 12.5 Å². The van der Waals surface area contributed by atoms with Crippen molar-refractivity contribution in [2.75, 3.05) is 19.8 Å². The maximum Gasteiger partial charge on any atom is 0.338 e. The molecule has 6 nitrogen and oxygen atoms in total. The molecule has 1 atom stereocenters. The predicted molar refractivity (Wildman–Crippen MR) is 136 cm³/mol. The van der Waals surface area contributed by atoms with E-state index < -0.39 is 33.8 Å². The highest BCUT2D eigenvalue weighted by atomic mass is 28.5. The minimum absolute atomic E-state index is 0.244. The lowest BCUT2D eigenvalue weighted by atomic mass is 10.2. The number of esters is 1. The molecule has 0 aliphatic rings. The van der Waals surface area contributed by atoms with Crippen molar-refractivity contribution in [1.29, 1.82) is 0 Å². The normalized spacial score (nSPS) is 14.9. The first kappa shape index (κ1) is 28.4. The summed E-state index contributed by atoms with van der Waals surface area (Å²) in [6.07, 6.45) is 0.845. The average molecular weight is 503 g/mol. The second-order valence-corrected chi connectivity index (χ2v) is 26.7. The number of benzene rings is 1. The van der Waals surface area contributed by atoms with E-state index in [0.29, 0.717) is 18.8 Å². The molecular formula is C21H42O6Si4. The third kappa shape index (κ3) is 13.5. The Balaban J connectivity index is 2.46. The van der Waals surface area contributed by atoms with Crippen LogP contribution in [0, 0.1) is 0 Å². The van der Waals surface area contributed by atoms with Crippen LogP contribution < -0.4 is 0 Å². The second-order valence-electron chi connectivity index (χ2n) is 10.3. The zero-order chi connectivity index (χ0) is 23.8. The molecule has 0 aromatic heterocycles. The van der Waals surface area contributed by atoms with Gasteiger partial charge in [0, 0.05) is 6.61 Å². The van der Waals surface area contributed by atoms with Crippen molar-refractivity contribution in [3.05, 3.63) is 35.9 Å². The van der Waals surface area contributed by atoms with E-state index in [4.69, 9.17) is 21.8 Å². The van der Waals surface area contributed by atoms with Gasteiger partial charge in [0.25, 0.3) is 0 Å². The Morgan fingerprint density at radius 3 is 1.87 bits per heavy atom. The minimum atomic E-state index is -2.40. The molecule has 0 saturated heterocycles. The summed E-state index contributed by atoms with van der Waals surface area (Å²) in [6, 6.07) is 9.84. The van der Waals surface area contributed by atoms with Gasteiger partial charge in [-0.25, -0.2) is 4.79 Å². The zero-order valence-electron chi connectivity index (χ0n) is 20.9. The Morgan fingerprint density at radius 2 is 1.32 bits per heavy atom. The summed E-state index contributed by atoms with van der Waals surface area (Å²) < 4.78 is 30.6. The maximum atomic E-state index is 11.9. The van der Waals surface area contributed by atoms with Crippen LogP contribution in [0.2, 0.25) is 65.0 Å². The Bertz CT molecular complexity index is 673. The third-order valence-corrected chi connectivity index (χ3v) is 17.5. The standard InChI is InChI=1S/C21H42O6Si4/c1-28(2,3)25-30(7,8)27-31(9,26-29(4,5)6)19-13-16-23-17-18-24-21(22)20-14-11-10-12-15-20/h10-12,14-15H,13,16-19H2,1-9H3. The molecule has 0 radical (unpaired) electrons. The van der Waals surface area contributed by atoms with Crippen molar-refractivity contribution in [3.63, 3.8) is 0 Å². The van der Waals surface area contributed by atoms with E-state index in [1.54, 1.807) is 12.1 Å². The van der Waals surface area contributed by atoms with Gasteiger partial charge in [0.2, 0.25) is 0 Å². The van der Waals surface area contributed by atoms with Crippen molar-refractivity contribution in [1.82, 2.24) is 0 Å². The molecule has 0 aliphatic carbocycles. The molecule has 0 N–H and O–H groups in total. The highest BCUT2D eigenvalue weighted by Gasteiger charge is 2.44. The van der Waals surface area contributed by atoms with Gasteiger partial charge >= 0.3 is 23.1 Å². The van der Waals surface area contributed by atoms with Crippen LogP contribution in [0.1, 0.15) is 16.8 Å². The fourth-order valence-corrected chi connectivity index (χ4v) is 21.4. The number of carbonyl (C=O) groups excluding carboxylic acids is 1. The summed E-state index contributed by atoms with van der Waals surface area (Å²) in [4.78, 5) is 11.9. The van der Waals surface area contributed by atoms with Gasteiger partial charge in [-0.2, -0.15) is 0 Å². The summed E-state index contributed by atoms with van der Waals surface area (Å²) in [6.45, 7) is 20.8. The first-order chi connectivity index (χ1) is 14.1. The molecular weight excluding hydrogens is 461 g/mol. The summed E-state index contributed by atoms with van der Waals surface area (Å²) in [7, 11) is -8.12. The van der Waals surface area contributed by atoms with Gasteiger partial charge < -0.3 is 21.8 Å². The number of hydrogen-bond donors (Lipinski definition) is 0. The van der Waals surface area contributed by atoms with Gasteiger partial charge in [-0.1, -0.05) is 18.2 Å². The highest BCUT2D eigenvalue weighted by molar-refractivity contribution is 6.89. The predicted octanol–water partition coefficient (Wildman–Crippen LogP) is 5.74. The van der Waals surface area contributed by atoms with Crippen LogP contribution in [0.25, 0.3) is 0 Å². The van der Waals surface area contributed by atoms with E-state index in [2.05, 4.69) is 58.9 Å². The van der Waals surface area contributed by atoms with E-state index in [9.17, 15) is 4.79 Å². The molecule has 0 saturated carbocycles. The van der Waals surface area contributed by atoms with Gasteiger partial charge in [-0.05, 0) is 83.5 Å². The van der Waals surface area contributed by atoms with Gasteiger partial charge in [-0.3, -0.25) is 0 Å². The summed E-state index contributed by atoms with van der Waals surface area (Å²) in [5, 5.41) is 0. The van der Waals surface area contributed by atoms with Crippen LogP contribution >= 0.6 is 0 Å². The van der Waals surface area contributed by atoms with Crippen molar-refractivity contribution >= 4 is 39.7 Å². The van der Waals surface area contributed by atoms with Crippen molar-refractivity contribution in [3.8, 4) is 0 Å². The molecule has 1 unspecified atom stereocenters. The molecule has 0 spiro atoms. The lowest BCUT2D eigenvalue weighted by molar-refractivity contribution is 0.0317. The first-order valence-corrected chi connectivity index (χ1v) is 23.2. The van der Waals surface area contributed by atoms with Gasteiger partial charge in [0.15, 0.2) is 16.6 Å².